The Bertz CT molecular complexity index is 515. The minimum Gasteiger partial charge on any atom is -0.497 e. The molecule has 0 aromatic heterocycles. The quantitative estimate of drug-likeness (QED) is 0.656. The zero-order valence-electron chi connectivity index (χ0n) is 10.6. The summed E-state index contributed by atoms with van der Waals surface area (Å²) in [5, 5.41) is 4.18. The summed E-state index contributed by atoms with van der Waals surface area (Å²) in [5.41, 5.74) is 6.22. The van der Waals surface area contributed by atoms with Crippen molar-refractivity contribution in [2.75, 3.05) is 12.5 Å². The Morgan fingerprint density at radius 1 is 1.00 bits per heavy atom. The molecule has 3 heteroatoms. The lowest BCUT2D eigenvalue weighted by molar-refractivity contribution is 0.415. The van der Waals surface area contributed by atoms with E-state index in [1.165, 1.54) is 5.56 Å². The number of rotatable bonds is 4. The third-order valence-electron chi connectivity index (χ3n) is 2.57. The number of hydrogen-bond donors (Lipinski definition) is 1. The first kappa shape index (κ1) is 12.2. The Labute approximate surface area is 107 Å². The highest BCUT2D eigenvalue weighted by molar-refractivity contribution is 5.80. The zero-order chi connectivity index (χ0) is 12.8. The van der Waals surface area contributed by atoms with Crippen molar-refractivity contribution in [3.8, 4) is 5.75 Å². The van der Waals surface area contributed by atoms with E-state index in [1.54, 1.807) is 13.3 Å². The van der Waals surface area contributed by atoms with Gasteiger partial charge in [0, 0.05) is 0 Å². The van der Waals surface area contributed by atoms with E-state index in [0.29, 0.717) is 0 Å². The summed E-state index contributed by atoms with van der Waals surface area (Å²) in [7, 11) is 1.65. The van der Waals surface area contributed by atoms with Gasteiger partial charge in [-0.3, -0.25) is 5.43 Å². The SMILES string of the molecule is COc1ccc(/C=N/Nc2ccc(C)cc2)cc1. The molecule has 0 aliphatic heterocycles. The van der Waals surface area contributed by atoms with Gasteiger partial charge in [-0.1, -0.05) is 17.7 Å². The van der Waals surface area contributed by atoms with Crippen molar-refractivity contribution < 1.29 is 4.74 Å². The van der Waals surface area contributed by atoms with Gasteiger partial charge >= 0.3 is 0 Å². The molecular weight excluding hydrogens is 224 g/mol. The van der Waals surface area contributed by atoms with Crippen molar-refractivity contribution >= 4 is 11.9 Å². The molecule has 0 amide bonds. The molecule has 0 aliphatic rings. The molecule has 18 heavy (non-hydrogen) atoms. The van der Waals surface area contributed by atoms with Crippen LogP contribution in [0, 0.1) is 6.92 Å². The topological polar surface area (TPSA) is 33.6 Å². The minimum atomic E-state index is 0.846. The van der Waals surface area contributed by atoms with Crippen molar-refractivity contribution in [3.63, 3.8) is 0 Å². The predicted molar refractivity (Wildman–Crippen MR) is 75.4 cm³/mol. The normalized spacial score (nSPS) is 10.6. The largest absolute Gasteiger partial charge is 0.497 e. The number of hydrazone groups is 1. The summed E-state index contributed by atoms with van der Waals surface area (Å²) in [6.45, 7) is 2.06. The number of hydrogen-bond acceptors (Lipinski definition) is 3. The van der Waals surface area contributed by atoms with Crippen molar-refractivity contribution in [2.45, 2.75) is 6.92 Å². The highest BCUT2D eigenvalue weighted by Crippen LogP contribution is 2.10. The van der Waals surface area contributed by atoms with E-state index in [0.717, 1.165) is 17.0 Å². The maximum atomic E-state index is 5.09. The van der Waals surface area contributed by atoms with Gasteiger partial charge < -0.3 is 4.74 Å². The predicted octanol–water partition coefficient (Wildman–Crippen LogP) is 3.45. The third-order valence-corrected chi connectivity index (χ3v) is 2.57. The fraction of sp³-hybridized carbons (Fsp3) is 0.133. The number of methoxy groups -OCH3 is 1. The first-order valence-electron chi connectivity index (χ1n) is 5.78. The van der Waals surface area contributed by atoms with Gasteiger partial charge in [-0.05, 0) is 48.9 Å². The van der Waals surface area contributed by atoms with Crippen LogP contribution in [0.1, 0.15) is 11.1 Å². The van der Waals surface area contributed by atoms with E-state index in [2.05, 4.69) is 17.5 Å². The molecule has 0 atom stereocenters. The smallest absolute Gasteiger partial charge is 0.118 e. The first-order chi connectivity index (χ1) is 8.78. The number of ether oxygens (including phenoxy) is 1. The number of nitrogens with zero attached hydrogens (tertiary/aromatic N) is 1. The Hall–Kier alpha value is -2.29. The van der Waals surface area contributed by atoms with Crippen LogP contribution in [0.4, 0.5) is 5.69 Å². The highest BCUT2D eigenvalue weighted by atomic mass is 16.5. The lowest BCUT2D eigenvalue weighted by Gasteiger charge is -2.01. The summed E-state index contributed by atoms with van der Waals surface area (Å²) < 4.78 is 5.09. The van der Waals surface area contributed by atoms with Crippen LogP contribution in [0.25, 0.3) is 0 Å². The van der Waals surface area contributed by atoms with Gasteiger partial charge in [0.15, 0.2) is 0 Å². The van der Waals surface area contributed by atoms with E-state index in [-0.39, 0.29) is 0 Å². The van der Waals surface area contributed by atoms with Crippen LogP contribution in [-0.2, 0) is 0 Å². The van der Waals surface area contributed by atoms with Gasteiger partial charge in [-0.15, -0.1) is 0 Å². The molecule has 0 spiro atoms. The van der Waals surface area contributed by atoms with Crippen LogP contribution in [-0.4, -0.2) is 13.3 Å². The number of aryl methyl sites for hydroxylation is 1. The Morgan fingerprint density at radius 2 is 1.67 bits per heavy atom. The Morgan fingerprint density at radius 3 is 2.28 bits per heavy atom. The van der Waals surface area contributed by atoms with Gasteiger partial charge in [0.1, 0.15) is 5.75 Å². The number of benzene rings is 2. The monoisotopic (exact) mass is 240 g/mol. The fourth-order valence-electron chi connectivity index (χ4n) is 1.50. The van der Waals surface area contributed by atoms with Crippen LogP contribution in [0.5, 0.6) is 5.75 Å². The summed E-state index contributed by atoms with van der Waals surface area (Å²) in [4.78, 5) is 0. The summed E-state index contributed by atoms with van der Waals surface area (Å²) in [6, 6.07) is 15.8. The molecule has 0 heterocycles. The van der Waals surface area contributed by atoms with E-state index < -0.39 is 0 Å². The van der Waals surface area contributed by atoms with Gasteiger partial charge in [-0.25, -0.2) is 0 Å². The van der Waals surface area contributed by atoms with Crippen molar-refractivity contribution in [1.29, 1.82) is 0 Å². The average molecular weight is 240 g/mol. The molecular formula is C15H16N2O. The molecule has 0 radical (unpaired) electrons. The van der Waals surface area contributed by atoms with Gasteiger partial charge in [0.05, 0.1) is 19.0 Å². The molecule has 0 bridgehead atoms. The standard InChI is InChI=1S/C15H16N2O/c1-12-3-7-14(8-4-12)17-16-11-13-5-9-15(18-2)10-6-13/h3-11,17H,1-2H3/b16-11+. The second-order valence-corrected chi connectivity index (χ2v) is 4.01. The molecule has 1 N–H and O–H groups in total. The van der Waals surface area contributed by atoms with E-state index in [1.807, 2.05) is 48.5 Å². The molecule has 3 nitrogen and oxygen atoms in total. The third kappa shape index (κ3) is 3.35. The van der Waals surface area contributed by atoms with Crippen LogP contribution in [0.3, 0.4) is 0 Å². The van der Waals surface area contributed by atoms with E-state index >= 15 is 0 Å². The van der Waals surface area contributed by atoms with Crippen molar-refractivity contribution in [2.24, 2.45) is 5.10 Å². The Balaban J connectivity index is 1.96. The average Bonchev–Trinajstić information content (AvgIpc) is 2.42. The second-order valence-electron chi connectivity index (χ2n) is 4.01. The molecule has 0 unspecified atom stereocenters. The summed E-state index contributed by atoms with van der Waals surface area (Å²) >= 11 is 0. The fourth-order valence-corrected chi connectivity index (χ4v) is 1.50. The zero-order valence-corrected chi connectivity index (χ0v) is 10.6. The molecule has 2 rings (SSSR count). The maximum absolute atomic E-state index is 5.09. The Kier molecular flexibility index (Phi) is 3.97. The molecule has 0 saturated heterocycles. The molecule has 92 valence electrons. The van der Waals surface area contributed by atoms with Crippen LogP contribution >= 0.6 is 0 Å². The second kappa shape index (κ2) is 5.87. The number of nitrogens with one attached hydrogen (secondary N) is 1. The maximum Gasteiger partial charge on any atom is 0.118 e. The lowest BCUT2D eigenvalue weighted by atomic mass is 10.2. The van der Waals surface area contributed by atoms with Crippen LogP contribution < -0.4 is 10.2 Å². The molecule has 2 aromatic rings. The van der Waals surface area contributed by atoms with E-state index in [4.69, 9.17) is 4.74 Å². The van der Waals surface area contributed by atoms with Gasteiger partial charge in [0.25, 0.3) is 0 Å². The van der Waals surface area contributed by atoms with Crippen molar-refractivity contribution in [3.05, 3.63) is 59.7 Å². The summed E-state index contributed by atoms with van der Waals surface area (Å²) in [5.74, 6) is 0.846. The lowest BCUT2D eigenvalue weighted by Crippen LogP contribution is -1.90. The summed E-state index contributed by atoms with van der Waals surface area (Å²) in [6.07, 6.45) is 1.78. The molecule has 0 aliphatic carbocycles. The first-order valence-corrected chi connectivity index (χ1v) is 5.78. The van der Waals surface area contributed by atoms with Crippen LogP contribution in [0.15, 0.2) is 53.6 Å². The van der Waals surface area contributed by atoms with Gasteiger partial charge in [-0.2, -0.15) is 5.10 Å². The minimum absolute atomic E-state index is 0.846. The molecule has 0 fully saturated rings. The number of anilines is 1. The van der Waals surface area contributed by atoms with Crippen LogP contribution in [0.2, 0.25) is 0 Å². The molecule has 0 saturated carbocycles. The highest BCUT2D eigenvalue weighted by Gasteiger charge is 1.91. The van der Waals surface area contributed by atoms with E-state index in [9.17, 15) is 0 Å². The van der Waals surface area contributed by atoms with Gasteiger partial charge in [0.2, 0.25) is 0 Å². The van der Waals surface area contributed by atoms with Crippen molar-refractivity contribution in [1.82, 2.24) is 0 Å². The molecule has 2 aromatic carbocycles.